The summed E-state index contributed by atoms with van der Waals surface area (Å²) < 4.78 is 0. The maximum Gasteiger partial charge on any atom is 0.222 e. The summed E-state index contributed by atoms with van der Waals surface area (Å²) in [6.07, 6.45) is 7.24. The zero-order valence-electron chi connectivity index (χ0n) is 14.9. The number of benzene rings is 2. The third-order valence-corrected chi connectivity index (χ3v) is 5.91. The third kappa shape index (κ3) is 3.78. The fraction of sp³-hybridized carbons (Fsp3) is 0.435. The molecule has 0 saturated carbocycles. The summed E-state index contributed by atoms with van der Waals surface area (Å²) in [4.78, 5) is 15.1. The maximum absolute atomic E-state index is 12.9. The van der Waals surface area contributed by atoms with E-state index in [0.29, 0.717) is 24.3 Å². The van der Waals surface area contributed by atoms with Crippen molar-refractivity contribution < 1.29 is 4.79 Å². The molecule has 3 aliphatic rings. The Kier molecular flexibility index (Phi) is 4.87. The molecule has 2 aliphatic heterocycles. The minimum atomic E-state index is 0.366. The molecule has 0 aromatic heterocycles. The lowest BCUT2D eigenvalue weighted by Gasteiger charge is -2.42. The molecule has 2 aromatic rings. The zero-order valence-corrected chi connectivity index (χ0v) is 14.9. The Morgan fingerprint density at radius 1 is 0.920 bits per heavy atom. The van der Waals surface area contributed by atoms with E-state index in [0.717, 1.165) is 32.2 Å². The molecule has 25 heavy (non-hydrogen) atoms. The van der Waals surface area contributed by atoms with Crippen molar-refractivity contribution in [1.82, 2.24) is 4.90 Å². The van der Waals surface area contributed by atoms with Crippen molar-refractivity contribution >= 4 is 5.91 Å². The Morgan fingerprint density at radius 2 is 1.64 bits per heavy atom. The summed E-state index contributed by atoms with van der Waals surface area (Å²) in [5, 5.41) is 0. The summed E-state index contributed by atoms with van der Waals surface area (Å²) in [5.74, 6) is 1.00. The van der Waals surface area contributed by atoms with Gasteiger partial charge in [-0.25, -0.2) is 0 Å². The number of aryl methyl sites for hydroxylation is 1. The molecule has 2 atom stereocenters. The number of fused-ring (bicyclic) bond motifs is 2. The molecule has 5 rings (SSSR count). The van der Waals surface area contributed by atoms with E-state index >= 15 is 0 Å². The van der Waals surface area contributed by atoms with Crippen LogP contribution in [-0.4, -0.2) is 23.4 Å². The third-order valence-electron chi connectivity index (χ3n) is 5.91. The number of rotatable bonds is 4. The van der Waals surface area contributed by atoms with Crippen LogP contribution in [0.4, 0.5) is 0 Å². The van der Waals surface area contributed by atoms with Gasteiger partial charge in [0.25, 0.3) is 0 Å². The topological polar surface area (TPSA) is 20.3 Å². The molecule has 2 aromatic carbocycles. The van der Waals surface area contributed by atoms with Crippen molar-refractivity contribution in [2.45, 2.75) is 51.0 Å². The second-order valence-corrected chi connectivity index (χ2v) is 7.66. The molecule has 1 aliphatic carbocycles. The van der Waals surface area contributed by atoms with Gasteiger partial charge in [0.05, 0.1) is 0 Å². The van der Waals surface area contributed by atoms with Crippen LogP contribution in [0.25, 0.3) is 0 Å². The van der Waals surface area contributed by atoms with Gasteiger partial charge in [-0.15, -0.1) is 0 Å². The number of hydrogen-bond acceptors (Lipinski definition) is 1. The van der Waals surface area contributed by atoms with Crippen molar-refractivity contribution in [2.75, 3.05) is 6.54 Å². The highest BCUT2D eigenvalue weighted by molar-refractivity contribution is 5.76. The fourth-order valence-corrected chi connectivity index (χ4v) is 4.54. The Labute approximate surface area is 150 Å². The van der Waals surface area contributed by atoms with Gasteiger partial charge in [0, 0.05) is 19.0 Å². The Hall–Kier alpha value is -2.09. The van der Waals surface area contributed by atoms with Crippen LogP contribution >= 0.6 is 0 Å². The van der Waals surface area contributed by atoms with Gasteiger partial charge in [-0.05, 0) is 61.1 Å². The smallest absolute Gasteiger partial charge is 0.222 e. The summed E-state index contributed by atoms with van der Waals surface area (Å²) in [7, 11) is 0. The summed E-state index contributed by atoms with van der Waals surface area (Å²) >= 11 is 0. The number of carbonyl (C=O) groups is 1. The van der Waals surface area contributed by atoms with Crippen LogP contribution in [0.3, 0.4) is 0 Å². The lowest BCUT2D eigenvalue weighted by atomic mass is 9.80. The molecule has 2 nitrogen and oxygen atoms in total. The van der Waals surface area contributed by atoms with Crippen LogP contribution in [0, 0.1) is 5.92 Å². The van der Waals surface area contributed by atoms with Gasteiger partial charge >= 0.3 is 0 Å². The van der Waals surface area contributed by atoms with Crippen molar-refractivity contribution in [3.63, 3.8) is 0 Å². The first-order valence-electron chi connectivity index (χ1n) is 9.70. The van der Waals surface area contributed by atoms with E-state index in [2.05, 4.69) is 53.4 Å². The van der Waals surface area contributed by atoms with Crippen LogP contribution < -0.4 is 0 Å². The first-order valence-corrected chi connectivity index (χ1v) is 9.70. The number of carbonyl (C=O) groups excluding carboxylic acids is 1. The number of nitrogens with zero attached hydrogens (tertiary/aromatic N) is 1. The molecule has 1 saturated heterocycles. The van der Waals surface area contributed by atoms with E-state index in [9.17, 15) is 4.79 Å². The molecule has 130 valence electrons. The Balaban J connectivity index is 1.40. The van der Waals surface area contributed by atoms with E-state index in [1.807, 2.05) is 6.07 Å². The van der Waals surface area contributed by atoms with Crippen molar-refractivity contribution in [2.24, 2.45) is 5.92 Å². The quantitative estimate of drug-likeness (QED) is 0.811. The van der Waals surface area contributed by atoms with Gasteiger partial charge in [-0.3, -0.25) is 4.79 Å². The number of amides is 1. The highest BCUT2D eigenvalue weighted by atomic mass is 16.2. The van der Waals surface area contributed by atoms with E-state index in [1.54, 1.807) is 0 Å². The van der Waals surface area contributed by atoms with E-state index in [-0.39, 0.29) is 0 Å². The fourth-order valence-electron chi connectivity index (χ4n) is 4.54. The molecule has 0 spiro atoms. The Morgan fingerprint density at radius 3 is 2.44 bits per heavy atom. The van der Waals surface area contributed by atoms with E-state index < -0.39 is 0 Å². The molecular formula is C23H27NO. The lowest BCUT2D eigenvalue weighted by molar-refractivity contribution is -0.136. The summed E-state index contributed by atoms with van der Waals surface area (Å²) in [6, 6.07) is 19.7. The molecule has 0 radical (unpaired) electrons. The first-order chi connectivity index (χ1) is 12.3. The van der Waals surface area contributed by atoms with Crippen LogP contribution in [0.5, 0.6) is 0 Å². The molecule has 1 fully saturated rings. The predicted octanol–water partition coefficient (Wildman–Crippen LogP) is 4.42. The standard InChI is InChI=1S/C23H27NO/c25-23(12-6-9-18-7-2-1-3-8-18)24-17-19-13-14-22(24)16-21-11-5-4-10-20(21)15-19/h1-5,7-8,10-11,19,22H,6,9,12-17H2/t19-,22+/m1/s1. The predicted molar refractivity (Wildman–Crippen MR) is 101 cm³/mol. The van der Waals surface area contributed by atoms with Gasteiger partial charge < -0.3 is 4.90 Å². The van der Waals surface area contributed by atoms with Gasteiger partial charge in [-0.2, -0.15) is 0 Å². The SMILES string of the molecule is O=C(CCCc1ccccc1)N1C[C@@H]2CC[C@H]1Cc1ccccc1C2. The normalized spacial score (nSPS) is 22.2. The average Bonchev–Trinajstić information content (AvgIpc) is 2.62. The van der Waals surface area contributed by atoms with Gasteiger partial charge in [0.2, 0.25) is 5.91 Å². The average molecular weight is 333 g/mol. The molecule has 0 unspecified atom stereocenters. The van der Waals surface area contributed by atoms with Gasteiger partial charge in [-0.1, -0.05) is 54.6 Å². The highest BCUT2D eigenvalue weighted by Gasteiger charge is 2.34. The van der Waals surface area contributed by atoms with Crippen molar-refractivity contribution in [1.29, 1.82) is 0 Å². The Bertz CT molecular complexity index is 724. The number of piperidine rings is 1. The second kappa shape index (κ2) is 7.43. The maximum atomic E-state index is 12.9. The summed E-state index contributed by atoms with van der Waals surface area (Å²) in [5.41, 5.74) is 4.30. The van der Waals surface area contributed by atoms with Gasteiger partial charge in [0.15, 0.2) is 0 Å². The van der Waals surface area contributed by atoms with Crippen LogP contribution in [0.15, 0.2) is 54.6 Å². The largest absolute Gasteiger partial charge is 0.339 e. The number of hydrogen-bond donors (Lipinski definition) is 0. The van der Waals surface area contributed by atoms with Crippen LogP contribution in [-0.2, 0) is 24.1 Å². The molecule has 0 N–H and O–H groups in total. The molecular weight excluding hydrogens is 306 g/mol. The molecule has 2 heterocycles. The van der Waals surface area contributed by atoms with E-state index in [4.69, 9.17) is 0 Å². The molecule has 2 heteroatoms. The first kappa shape index (κ1) is 16.4. The minimum Gasteiger partial charge on any atom is -0.339 e. The van der Waals surface area contributed by atoms with Gasteiger partial charge in [0.1, 0.15) is 0 Å². The molecule has 1 amide bonds. The highest BCUT2D eigenvalue weighted by Crippen LogP contribution is 2.32. The van der Waals surface area contributed by atoms with Crippen molar-refractivity contribution in [3.05, 3.63) is 71.3 Å². The van der Waals surface area contributed by atoms with Crippen LogP contribution in [0.1, 0.15) is 42.4 Å². The molecule has 2 bridgehead atoms. The van der Waals surface area contributed by atoms with Crippen molar-refractivity contribution in [3.8, 4) is 0 Å². The zero-order chi connectivity index (χ0) is 17.1. The summed E-state index contributed by atoms with van der Waals surface area (Å²) in [6.45, 7) is 0.961. The van der Waals surface area contributed by atoms with E-state index in [1.165, 1.54) is 29.5 Å². The minimum absolute atomic E-state index is 0.366. The monoisotopic (exact) mass is 333 g/mol. The van der Waals surface area contributed by atoms with Crippen LogP contribution in [0.2, 0.25) is 0 Å². The second-order valence-electron chi connectivity index (χ2n) is 7.66. The lowest BCUT2D eigenvalue weighted by Crippen LogP contribution is -2.49.